The molecule has 0 bridgehead atoms. The van der Waals surface area contributed by atoms with Crippen molar-refractivity contribution in [2.45, 2.75) is 39.7 Å². The molecule has 0 fully saturated rings. The third kappa shape index (κ3) is 5.59. The van der Waals surface area contributed by atoms with Gasteiger partial charge in [-0.2, -0.15) is 0 Å². The first-order valence-corrected chi connectivity index (χ1v) is 7.75. The Bertz CT molecular complexity index is 381. The molecule has 2 atom stereocenters. The van der Waals surface area contributed by atoms with Crippen molar-refractivity contribution in [1.82, 2.24) is 10.2 Å². The van der Waals surface area contributed by atoms with Crippen LogP contribution in [0.5, 0.6) is 0 Å². The zero-order valence-corrected chi connectivity index (χ0v) is 13.3. The molecular weight excluding hydrogens is 251 g/mol. The highest BCUT2D eigenvalue weighted by atomic mass is 19.1. The standard InChI is InChI=1S/C17H29FN2/c1-5-14(3)13-20(6-2)11-10-17(19-4)15-8-7-9-16(18)12-15/h7-9,12,14,17,19H,5-6,10-11,13H2,1-4H3. The second-order valence-electron chi connectivity index (χ2n) is 5.59. The molecule has 0 heterocycles. The second kappa shape index (κ2) is 9.09. The lowest BCUT2D eigenvalue weighted by Gasteiger charge is -2.26. The Hall–Kier alpha value is -0.930. The SMILES string of the molecule is CCC(C)CN(CC)CCC(NC)c1cccc(F)c1. The average molecular weight is 280 g/mol. The van der Waals surface area contributed by atoms with E-state index in [-0.39, 0.29) is 11.9 Å². The molecule has 1 rings (SSSR count). The Morgan fingerprint density at radius 3 is 2.60 bits per heavy atom. The summed E-state index contributed by atoms with van der Waals surface area (Å²) in [7, 11) is 1.94. The smallest absolute Gasteiger partial charge is 0.123 e. The van der Waals surface area contributed by atoms with Gasteiger partial charge in [0.05, 0.1) is 0 Å². The molecule has 0 aliphatic rings. The van der Waals surface area contributed by atoms with Crippen LogP contribution in [0.4, 0.5) is 4.39 Å². The fraction of sp³-hybridized carbons (Fsp3) is 0.647. The van der Waals surface area contributed by atoms with Crippen LogP contribution in [0.15, 0.2) is 24.3 Å². The third-order valence-corrected chi connectivity index (χ3v) is 4.05. The van der Waals surface area contributed by atoms with E-state index in [9.17, 15) is 4.39 Å². The maximum atomic E-state index is 13.3. The van der Waals surface area contributed by atoms with Gasteiger partial charge in [-0.25, -0.2) is 4.39 Å². The maximum absolute atomic E-state index is 13.3. The highest BCUT2D eigenvalue weighted by Gasteiger charge is 2.13. The van der Waals surface area contributed by atoms with Crippen LogP contribution >= 0.6 is 0 Å². The zero-order chi connectivity index (χ0) is 15.0. The number of halogens is 1. The van der Waals surface area contributed by atoms with Gasteiger partial charge in [-0.15, -0.1) is 0 Å². The van der Waals surface area contributed by atoms with E-state index in [1.807, 2.05) is 13.1 Å². The highest BCUT2D eigenvalue weighted by molar-refractivity contribution is 5.20. The van der Waals surface area contributed by atoms with Gasteiger partial charge in [0, 0.05) is 12.6 Å². The minimum atomic E-state index is -0.158. The molecule has 0 aromatic heterocycles. The van der Waals surface area contributed by atoms with Crippen LogP contribution in [-0.2, 0) is 0 Å². The molecule has 1 N–H and O–H groups in total. The first-order valence-electron chi connectivity index (χ1n) is 7.75. The summed E-state index contributed by atoms with van der Waals surface area (Å²) in [6, 6.07) is 7.13. The quantitative estimate of drug-likeness (QED) is 0.739. The van der Waals surface area contributed by atoms with Gasteiger partial charge in [-0.3, -0.25) is 0 Å². The second-order valence-corrected chi connectivity index (χ2v) is 5.59. The van der Waals surface area contributed by atoms with Crippen LogP contribution in [0.1, 0.15) is 45.2 Å². The summed E-state index contributed by atoms with van der Waals surface area (Å²) >= 11 is 0. The summed E-state index contributed by atoms with van der Waals surface area (Å²) in [6.07, 6.45) is 2.22. The van der Waals surface area contributed by atoms with Crippen LogP contribution in [0.25, 0.3) is 0 Å². The summed E-state index contributed by atoms with van der Waals surface area (Å²) in [5.41, 5.74) is 1.03. The molecule has 0 saturated heterocycles. The van der Waals surface area contributed by atoms with Crippen LogP contribution < -0.4 is 5.32 Å². The third-order valence-electron chi connectivity index (χ3n) is 4.05. The highest BCUT2D eigenvalue weighted by Crippen LogP contribution is 2.18. The van der Waals surface area contributed by atoms with E-state index in [0.29, 0.717) is 0 Å². The first-order chi connectivity index (χ1) is 9.60. The summed E-state index contributed by atoms with van der Waals surface area (Å²) in [5, 5.41) is 3.30. The molecule has 114 valence electrons. The zero-order valence-electron chi connectivity index (χ0n) is 13.3. The molecule has 3 heteroatoms. The fourth-order valence-electron chi connectivity index (χ4n) is 2.46. The number of rotatable bonds is 9. The molecule has 2 unspecified atom stereocenters. The Balaban J connectivity index is 2.55. The summed E-state index contributed by atoms with van der Waals surface area (Å²) in [4.78, 5) is 2.48. The number of hydrogen-bond donors (Lipinski definition) is 1. The van der Waals surface area contributed by atoms with E-state index < -0.39 is 0 Å². The lowest BCUT2D eigenvalue weighted by atomic mass is 10.0. The predicted octanol–water partition coefficient (Wildman–Crippen LogP) is 3.84. The van der Waals surface area contributed by atoms with Crippen molar-refractivity contribution in [3.8, 4) is 0 Å². The molecule has 0 spiro atoms. The van der Waals surface area contributed by atoms with Crippen molar-refractivity contribution in [2.75, 3.05) is 26.7 Å². The molecule has 0 radical (unpaired) electrons. The van der Waals surface area contributed by atoms with Gasteiger partial charge in [0.1, 0.15) is 5.82 Å². The fourth-order valence-corrected chi connectivity index (χ4v) is 2.46. The molecule has 0 aliphatic carbocycles. The summed E-state index contributed by atoms with van der Waals surface area (Å²) in [6.45, 7) is 10.0. The first kappa shape index (κ1) is 17.1. The normalized spacial score (nSPS) is 14.5. The van der Waals surface area contributed by atoms with Crippen molar-refractivity contribution < 1.29 is 4.39 Å². The average Bonchev–Trinajstić information content (AvgIpc) is 2.46. The molecular formula is C17H29FN2. The molecule has 2 nitrogen and oxygen atoms in total. The lowest BCUT2D eigenvalue weighted by Crippen LogP contribution is -2.31. The minimum Gasteiger partial charge on any atom is -0.313 e. The number of hydrogen-bond acceptors (Lipinski definition) is 2. The van der Waals surface area contributed by atoms with E-state index in [1.165, 1.54) is 12.5 Å². The Morgan fingerprint density at radius 2 is 2.05 bits per heavy atom. The Labute approximate surface area is 123 Å². The Morgan fingerprint density at radius 1 is 1.30 bits per heavy atom. The molecule has 1 aromatic carbocycles. The van der Waals surface area contributed by atoms with Crippen molar-refractivity contribution >= 4 is 0 Å². The minimum absolute atomic E-state index is 0.158. The summed E-state index contributed by atoms with van der Waals surface area (Å²) < 4.78 is 13.3. The van der Waals surface area contributed by atoms with E-state index in [4.69, 9.17) is 0 Å². The van der Waals surface area contributed by atoms with Crippen molar-refractivity contribution in [2.24, 2.45) is 5.92 Å². The van der Waals surface area contributed by atoms with Gasteiger partial charge >= 0.3 is 0 Å². The predicted molar refractivity (Wildman–Crippen MR) is 84.4 cm³/mol. The van der Waals surface area contributed by atoms with Gasteiger partial charge in [0.15, 0.2) is 0 Å². The van der Waals surface area contributed by atoms with E-state index >= 15 is 0 Å². The van der Waals surface area contributed by atoms with E-state index in [2.05, 4.69) is 31.0 Å². The van der Waals surface area contributed by atoms with Gasteiger partial charge in [-0.1, -0.05) is 39.3 Å². The van der Waals surface area contributed by atoms with Crippen LogP contribution in [0, 0.1) is 11.7 Å². The van der Waals surface area contributed by atoms with Crippen molar-refractivity contribution in [3.63, 3.8) is 0 Å². The molecule has 1 aromatic rings. The summed E-state index contributed by atoms with van der Waals surface area (Å²) in [5.74, 6) is 0.576. The van der Waals surface area contributed by atoms with E-state index in [0.717, 1.165) is 37.5 Å². The van der Waals surface area contributed by atoms with Crippen molar-refractivity contribution in [3.05, 3.63) is 35.6 Å². The molecule has 20 heavy (non-hydrogen) atoms. The monoisotopic (exact) mass is 280 g/mol. The molecule has 0 saturated carbocycles. The van der Waals surface area contributed by atoms with Gasteiger partial charge in [-0.05, 0) is 50.2 Å². The van der Waals surface area contributed by atoms with Crippen molar-refractivity contribution in [1.29, 1.82) is 0 Å². The number of nitrogens with zero attached hydrogens (tertiary/aromatic N) is 1. The largest absolute Gasteiger partial charge is 0.313 e. The number of benzene rings is 1. The van der Waals surface area contributed by atoms with Crippen LogP contribution in [-0.4, -0.2) is 31.6 Å². The van der Waals surface area contributed by atoms with Crippen LogP contribution in [0.3, 0.4) is 0 Å². The number of nitrogens with one attached hydrogen (secondary N) is 1. The maximum Gasteiger partial charge on any atom is 0.123 e. The topological polar surface area (TPSA) is 15.3 Å². The lowest BCUT2D eigenvalue weighted by molar-refractivity contribution is 0.234. The van der Waals surface area contributed by atoms with Crippen LogP contribution in [0.2, 0.25) is 0 Å². The molecule has 0 amide bonds. The van der Waals surface area contributed by atoms with Gasteiger partial charge in [0.2, 0.25) is 0 Å². The van der Waals surface area contributed by atoms with E-state index in [1.54, 1.807) is 12.1 Å². The van der Waals surface area contributed by atoms with Gasteiger partial charge < -0.3 is 10.2 Å². The van der Waals surface area contributed by atoms with Gasteiger partial charge in [0.25, 0.3) is 0 Å². The Kier molecular flexibility index (Phi) is 7.78. The molecule has 0 aliphatic heterocycles.